The molecule has 33 heavy (non-hydrogen) atoms. The van der Waals surface area contributed by atoms with E-state index in [9.17, 15) is 13.6 Å². The number of rotatable bonds is 5. The summed E-state index contributed by atoms with van der Waals surface area (Å²) in [4.78, 5) is 24.4. The molecule has 4 aromatic rings. The Morgan fingerprint density at radius 1 is 1.21 bits per heavy atom. The third-order valence-corrected chi connectivity index (χ3v) is 6.18. The lowest BCUT2D eigenvalue weighted by Crippen LogP contribution is -2.27. The maximum absolute atomic E-state index is 13.6. The molecule has 1 aromatic carbocycles. The number of aromatic amines is 1. The lowest BCUT2D eigenvalue weighted by Gasteiger charge is -2.28. The van der Waals surface area contributed by atoms with Gasteiger partial charge in [-0.3, -0.25) is 4.79 Å². The molecule has 7 nitrogen and oxygen atoms in total. The standard InChI is InChI=1S/C24H23F2N5O2/c1-33-21-13-16(8-11-27-21)18-5-3-2-4-15(18)12-20-29-22-19(23(32)30-20)14-28-31(22)17-6-9-24(25,26)10-7-17/h2-5,8,11,13-14,17H,6-7,9-10,12H2,1H3,(H,29,30,32). The fourth-order valence-electron chi connectivity index (χ4n) is 4.43. The summed E-state index contributed by atoms with van der Waals surface area (Å²) in [5.74, 6) is -1.63. The lowest BCUT2D eigenvalue weighted by atomic mass is 9.92. The van der Waals surface area contributed by atoms with Gasteiger partial charge in [0.2, 0.25) is 11.8 Å². The van der Waals surface area contributed by atoms with Gasteiger partial charge in [-0.1, -0.05) is 24.3 Å². The minimum absolute atomic E-state index is 0.183. The van der Waals surface area contributed by atoms with Crippen molar-refractivity contribution in [1.82, 2.24) is 24.7 Å². The lowest BCUT2D eigenvalue weighted by molar-refractivity contribution is -0.0446. The quantitative estimate of drug-likeness (QED) is 0.482. The zero-order valence-electron chi connectivity index (χ0n) is 18.1. The predicted octanol–water partition coefficient (Wildman–Crippen LogP) is 4.53. The van der Waals surface area contributed by atoms with E-state index >= 15 is 0 Å². The average Bonchev–Trinajstić information content (AvgIpc) is 3.24. The molecular weight excluding hydrogens is 428 g/mol. The number of pyridine rings is 1. The topological polar surface area (TPSA) is 85.7 Å². The van der Waals surface area contributed by atoms with Crippen LogP contribution in [0.5, 0.6) is 5.88 Å². The molecule has 3 aromatic heterocycles. The molecule has 170 valence electrons. The molecule has 0 atom stereocenters. The van der Waals surface area contributed by atoms with Gasteiger partial charge in [0.25, 0.3) is 5.56 Å². The first kappa shape index (κ1) is 21.2. The molecule has 1 aliphatic carbocycles. The third kappa shape index (κ3) is 4.22. The summed E-state index contributed by atoms with van der Waals surface area (Å²) in [6.07, 6.45) is 3.79. The van der Waals surface area contributed by atoms with E-state index in [4.69, 9.17) is 9.72 Å². The summed E-state index contributed by atoms with van der Waals surface area (Å²) < 4.78 is 34.1. The van der Waals surface area contributed by atoms with E-state index in [1.807, 2.05) is 36.4 Å². The first-order valence-corrected chi connectivity index (χ1v) is 10.9. The maximum Gasteiger partial charge on any atom is 0.262 e. The van der Waals surface area contributed by atoms with Crippen molar-refractivity contribution >= 4 is 11.0 Å². The molecule has 1 fully saturated rings. The number of fused-ring (bicyclic) bond motifs is 1. The monoisotopic (exact) mass is 451 g/mol. The second-order valence-electron chi connectivity index (χ2n) is 8.35. The Bertz CT molecular complexity index is 1350. The Morgan fingerprint density at radius 2 is 2.00 bits per heavy atom. The first-order valence-electron chi connectivity index (χ1n) is 10.9. The van der Waals surface area contributed by atoms with E-state index in [0.717, 1.165) is 16.7 Å². The van der Waals surface area contributed by atoms with Gasteiger partial charge in [-0.25, -0.2) is 23.4 Å². The van der Waals surface area contributed by atoms with Crippen molar-refractivity contribution in [1.29, 1.82) is 0 Å². The fraction of sp³-hybridized carbons (Fsp3) is 0.333. The summed E-state index contributed by atoms with van der Waals surface area (Å²) in [5.41, 5.74) is 3.03. The Labute approximate surface area is 188 Å². The minimum Gasteiger partial charge on any atom is -0.481 e. The fourth-order valence-corrected chi connectivity index (χ4v) is 4.43. The van der Waals surface area contributed by atoms with Crippen LogP contribution >= 0.6 is 0 Å². The van der Waals surface area contributed by atoms with Gasteiger partial charge < -0.3 is 9.72 Å². The maximum atomic E-state index is 13.6. The molecule has 1 N–H and O–H groups in total. The Morgan fingerprint density at radius 3 is 2.79 bits per heavy atom. The molecule has 3 heterocycles. The van der Waals surface area contributed by atoms with Gasteiger partial charge in [0, 0.05) is 31.5 Å². The van der Waals surface area contributed by atoms with Gasteiger partial charge in [-0.2, -0.15) is 5.10 Å². The molecule has 0 radical (unpaired) electrons. The number of ether oxygens (including phenoxy) is 1. The number of methoxy groups -OCH3 is 1. The molecule has 0 aliphatic heterocycles. The van der Waals surface area contributed by atoms with Crippen LogP contribution < -0.4 is 10.3 Å². The van der Waals surface area contributed by atoms with Crippen LogP contribution in [-0.2, 0) is 6.42 Å². The highest BCUT2D eigenvalue weighted by Crippen LogP contribution is 2.38. The van der Waals surface area contributed by atoms with Gasteiger partial charge >= 0.3 is 0 Å². The van der Waals surface area contributed by atoms with Crippen LogP contribution in [0.1, 0.15) is 43.1 Å². The van der Waals surface area contributed by atoms with Crippen molar-refractivity contribution in [3.63, 3.8) is 0 Å². The molecule has 0 amide bonds. The number of hydrogen-bond donors (Lipinski definition) is 1. The summed E-state index contributed by atoms with van der Waals surface area (Å²) in [6, 6.07) is 11.4. The molecule has 5 rings (SSSR count). The summed E-state index contributed by atoms with van der Waals surface area (Å²) in [5, 5.41) is 4.69. The number of nitrogens with zero attached hydrogens (tertiary/aromatic N) is 4. The number of hydrogen-bond acceptors (Lipinski definition) is 5. The number of benzene rings is 1. The van der Waals surface area contributed by atoms with Gasteiger partial charge in [-0.05, 0) is 35.6 Å². The Hall–Kier alpha value is -3.62. The molecule has 9 heteroatoms. The zero-order valence-corrected chi connectivity index (χ0v) is 18.1. The zero-order chi connectivity index (χ0) is 23.0. The van der Waals surface area contributed by atoms with Crippen LogP contribution in [0.25, 0.3) is 22.2 Å². The third-order valence-electron chi connectivity index (χ3n) is 6.18. The van der Waals surface area contributed by atoms with Crippen molar-refractivity contribution in [3.8, 4) is 17.0 Å². The van der Waals surface area contributed by atoms with Gasteiger partial charge in [0.15, 0.2) is 5.65 Å². The van der Waals surface area contributed by atoms with Gasteiger partial charge in [0.1, 0.15) is 11.2 Å². The molecule has 0 spiro atoms. The number of alkyl halides is 2. The highest BCUT2D eigenvalue weighted by Gasteiger charge is 2.36. The summed E-state index contributed by atoms with van der Waals surface area (Å²) in [6.45, 7) is 0. The molecule has 0 unspecified atom stereocenters. The van der Waals surface area contributed by atoms with Crippen molar-refractivity contribution in [2.45, 2.75) is 44.1 Å². The molecule has 1 saturated carbocycles. The van der Waals surface area contributed by atoms with E-state index in [1.54, 1.807) is 18.0 Å². The number of aromatic nitrogens is 5. The van der Waals surface area contributed by atoms with Crippen LogP contribution in [0.4, 0.5) is 8.78 Å². The smallest absolute Gasteiger partial charge is 0.262 e. The van der Waals surface area contributed by atoms with E-state index in [0.29, 0.717) is 42.0 Å². The van der Waals surface area contributed by atoms with Crippen LogP contribution in [0.15, 0.2) is 53.6 Å². The average molecular weight is 451 g/mol. The van der Waals surface area contributed by atoms with Gasteiger partial charge in [-0.15, -0.1) is 0 Å². The molecule has 0 bridgehead atoms. The van der Waals surface area contributed by atoms with Crippen molar-refractivity contribution < 1.29 is 13.5 Å². The number of nitrogens with one attached hydrogen (secondary N) is 1. The SMILES string of the molecule is COc1cc(-c2ccccc2Cc2nc3c(cnn3C3CCC(F)(F)CC3)c(=O)[nH]2)ccn1. The van der Waals surface area contributed by atoms with E-state index in [1.165, 1.54) is 6.20 Å². The second kappa shape index (κ2) is 8.38. The molecule has 1 aliphatic rings. The van der Waals surface area contributed by atoms with Crippen LogP contribution in [0.2, 0.25) is 0 Å². The Kier molecular flexibility index (Phi) is 5.39. The number of H-pyrrole nitrogens is 1. The predicted molar refractivity (Wildman–Crippen MR) is 120 cm³/mol. The molecule has 0 saturated heterocycles. The minimum atomic E-state index is -2.63. The van der Waals surface area contributed by atoms with E-state index < -0.39 is 5.92 Å². The summed E-state index contributed by atoms with van der Waals surface area (Å²) >= 11 is 0. The molecular formula is C24H23F2N5O2. The normalized spacial score (nSPS) is 16.2. The largest absolute Gasteiger partial charge is 0.481 e. The van der Waals surface area contributed by atoms with Crippen molar-refractivity contribution in [2.75, 3.05) is 7.11 Å². The summed E-state index contributed by atoms with van der Waals surface area (Å²) in [7, 11) is 1.57. The van der Waals surface area contributed by atoms with Crippen LogP contribution in [-0.4, -0.2) is 37.8 Å². The highest BCUT2D eigenvalue weighted by atomic mass is 19.3. The second-order valence-corrected chi connectivity index (χ2v) is 8.35. The van der Waals surface area contributed by atoms with Crippen LogP contribution in [0.3, 0.4) is 0 Å². The Balaban J connectivity index is 1.50. The first-order chi connectivity index (χ1) is 15.9. The van der Waals surface area contributed by atoms with Gasteiger partial charge in [0.05, 0.1) is 19.3 Å². The van der Waals surface area contributed by atoms with Crippen LogP contribution in [0, 0.1) is 0 Å². The van der Waals surface area contributed by atoms with E-state index in [2.05, 4.69) is 15.1 Å². The van der Waals surface area contributed by atoms with Crippen molar-refractivity contribution in [2.24, 2.45) is 0 Å². The highest BCUT2D eigenvalue weighted by molar-refractivity contribution is 5.73. The van der Waals surface area contributed by atoms with E-state index in [-0.39, 0.29) is 24.4 Å². The van der Waals surface area contributed by atoms with Crippen molar-refractivity contribution in [3.05, 3.63) is 70.5 Å². The number of halogens is 2.